The largest absolute Gasteiger partial charge is 0.497 e. The van der Waals surface area contributed by atoms with Crippen LogP contribution in [0.4, 0.5) is 10.8 Å². The maximum atomic E-state index is 13.0. The van der Waals surface area contributed by atoms with E-state index in [2.05, 4.69) is 20.3 Å². The first-order chi connectivity index (χ1) is 14.5. The van der Waals surface area contributed by atoms with Crippen molar-refractivity contribution >= 4 is 28.1 Å². The zero-order valence-electron chi connectivity index (χ0n) is 16.8. The highest BCUT2D eigenvalue weighted by atomic mass is 32.1. The van der Waals surface area contributed by atoms with Crippen LogP contribution in [0.15, 0.2) is 60.1 Å². The van der Waals surface area contributed by atoms with Gasteiger partial charge in [0.1, 0.15) is 11.6 Å². The van der Waals surface area contributed by atoms with Gasteiger partial charge in [-0.25, -0.2) is 9.97 Å². The minimum absolute atomic E-state index is 0.295. The van der Waals surface area contributed by atoms with Gasteiger partial charge in [-0.1, -0.05) is 24.3 Å². The molecule has 0 fully saturated rings. The molecule has 30 heavy (non-hydrogen) atoms. The lowest BCUT2D eigenvalue weighted by atomic mass is 10.1. The average Bonchev–Trinajstić information content (AvgIpc) is 3.44. The number of amides is 1. The Bertz CT molecular complexity index is 1170. The van der Waals surface area contributed by atoms with E-state index >= 15 is 0 Å². The quantitative estimate of drug-likeness (QED) is 0.480. The average molecular weight is 420 g/mol. The molecule has 0 saturated carbocycles. The number of ether oxygens (including phenoxy) is 1. The number of hydrogen-bond donors (Lipinski definition) is 2. The number of aromatic nitrogens is 3. The van der Waals surface area contributed by atoms with Crippen LogP contribution in [0.25, 0.3) is 22.6 Å². The fourth-order valence-corrected chi connectivity index (χ4v) is 3.56. The van der Waals surface area contributed by atoms with E-state index in [9.17, 15) is 4.79 Å². The number of imidazole rings is 1. The number of thiazole rings is 1. The first kappa shape index (κ1) is 19.7. The maximum absolute atomic E-state index is 13.0. The first-order valence-electron chi connectivity index (χ1n) is 9.28. The predicted molar refractivity (Wildman–Crippen MR) is 120 cm³/mol. The third kappa shape index (κ3) is 4.04. The fraction of sp³-hybridized carbons (Fsp3) is 0.136. The van der Waals surface area contributed by atoms with Gasteiger partial charge in [0.15, 0.2) is 10.8 Å². The van der Waals surface area contributed by atoms with Crippen LogP contribution in [0.5, 0.6) is 5.75 Å². The minimum atomic E-state index is -0.325. The Hall–Kier alpha value is -3.65. The molecule has 0 radical (unpaired) electrons. The number of nitrogens with zero attached hydrogens (tertiary/aromatic N) is 3. The summed E-state index contributed by atoms with van der Waals surface area (Å²) in [6, 6.07) is 15.5. The third-order valence-corrected chi connectivity index (χ3v) is 5.25. The SMILES string of the molecule is COc1cccc(-c2[nH]c(-c3cccc(N(C)C)c3)nc2C(=O)Nc2nccs2)c1. The van der Waals surface area contributed by atoms with Gasteiger partial charge in [-0.2, -0.15) is 0 Å². The number of carbonyl (C=O) groups excluding carboxylic acids is 1. The molecule has 2 aromatic carbocycles. The zero-order chi connectivity index (χ0) is 21.1. The number of nitrogens with one attached hydrogen (secondary N) is 2. The number of hydrogen-bond acceptors (Lipinski definition) is 6. The van der Waals surface area contributed by atoms with Crippen LogP contribution in [0, 0.1) is 0 Å². The second-order valence-electron chi connectivity index (χ2n) is 6.78. The van der Waals surface area contributed by atoms with Crippen molar-refractivity contribution in [2.24, 2.45) is 0 Å². The van der Waals surface area contributed by atoms with Crippen molar-refractivity contribution in [1.82, 2.24) is 15.0 Å². The van der Waals surface area contributed by atoms with Crippen molar-refractivity contribution < 1.29 is 9.53 Å². The standard InChI is InChI=1S/C22H21N5O2S/c1-27(2)16-8-4-7-15(12-16)20-24-18(14-6-5-9-17(13-14)29-3)19(25-20)21(28)26-22-23-10-11-30-22/h4-13H,1-3H3,(H,24,25)(H,23,26,28). The Morgan fingerprint density at radius 3 is 2.67 bits per heavy atom. The number of benzene rings is 2. The third-order valence-electron chi connectivity index (χ3n) is 4.57. The highest BCUT2D eigenvalue weighted by Gasteiger charge is 2.21. The molecule has 2 heterocycles. The van der Waals surface area contributed by atoms with Crippen LogP contribution < -0.4 is 15.0 Å². The van der Waals surface area contributed by atoms with E-state index in [4.69, 9.17) is 4.74 Å². The van der Waals surface area contributed by atoms with Gasteiger partial charge in [-0.3, -0.25) is 10.1 Å². The molecule has 4 aromatic rings. The number of methoxy groups -OCH3 is 1. The summed E-state index contributed by atoms with van der Waals surface area (Å²) in [5, 5.41) is 5.15. The predicted octanol–water partition coefficient (Wildman–Crippen LogP) is 4.53. The van der Waals surface area contributed by atoms with Crippen LogP contribution in [0.1, 0.15) is 10.5 Å². The van der Waals surface area contributed by atoms with E-state index in [0.29, 0.717) is 28.1 Å². The van der Waals surface area contributed by atoms with Crippen LogP contribution in [0.3, 0.4) is 0 Å². The van der Waals surface area contributed by atoms with E-state index in [1.54, 1.807) is 18.7 Å². The summed E-state index contributed by atoms with van der Waals surface area (Å²) < 4.78 is 5.35. The Kier molecular flexibility index (Phi) is 5.49. The lowest BCUT2D eigenvalue weighted by molar-refractivity contribution is 0.102. The van der Waals surface area contributed by atoms with Crippen LogP contribution in [-0.2, 0) is 0 Å². The molecular formula is C22H21N5O2S. The molecule has 152 valence electrons. The number of anilines is 2. The van der Waals surface area contributed by atoms with Crippen LogP contribution >= 0.6 is 11.3 Å². The normalized spacial score (nSPS) is 10.6. The molecule has 2 aromatic heterocycles. The van der Waals surface area contributed by atoms with Crippen molar-refractivity contribution in [2.45, 2.75) is 0 Å². The summed E-state index contributed by atoms with van der Waals surface area (Å²) in [4.78, 5) is 27.1. The van der Waals surface area contributed by atoms with E-state index < -0.39 is 0 Å². The molecule has 0 bridgehead atoms. The van der Waals surface area contributed by atoms with Crippen molar-refractivity contribution in [1.29, 1.82) is 0 Å². The fourth-order valence-electron chi connectivity index (χ4n) is 3.03. The van der Waals surface area contributed by atoms with Gasteiger partial charge in [-0.05, 0) is 24.3 Å². The topological polar surface area (TPSA) is 83.1 Å². The van der Waals surface area contributed by atoms with Crippen molar-refractivity contribution in [3.8, 4) is 28.4 Å². The molecule has 0 unspecified atom stereocenters. The molecule has 0 saturated heterocycles. The molecule has 0 spiro atoms. The Morgan fingerprint density at radius 2 is 1.93 bits per heavy atom. The number of H-pyrrole nitrogens is 1. The minimum Gasteiger partial charge on any atom is -0.497 e. The molecule has 1 amide bonds. The van der Waals surface area contributed by atoms with Crippen molar-refractivity contribution in [3.63, 3.8) is 0 Å². The van der Waals surface area contributed by atoms with Crippen LogP contribution in [-0.4, -0.2) is 42.1 Å². The number of aromatic amines is 1. The summed E-state index contributed by atoms with van der Waals surface area (Å²) in [6.07, 6.45) is 1.64. The van der Waals surface area contributed by atoms with Gasteiger partial charge in [0, 0.05) is 42.5 Å². The summed E-state index contributed by atoms with van der Waals surface area (Å²) in [7, 11) is 5.58. The van der Waals surface area contributed by atoms with Crippen LogP contribution in [0.2, 0.25) is 0 Å². The van der Waals surface area contributed by atoms with Gasteiger partial charge < -0.3 is 14.6 Å². The molecule has 0 aliphatic rings. The molecule has 2 N–H and O–H groups in total. The second-order valence-corrected chi connectivity index (χ2v) is 7.67. The van der Waals surface area contributed by atoms with E-state index in [0.717, 1.165) is 16.8 Å². The number of carbonyl (C=O) groups is 1. The van der Waals surface area contributed by atoms with Crippen molar-refractivity contribution in [2.75, 3.05) is 31.4 Å². The molecule has 0 aliphatic carbocycles. The van der Waals surface area contributed by atoms with Gasteiger partial charge in [-0.15, -0.1) is 11.3 Å². The van der Waals surface area contributed by atoms with E-state index in [1.807, 2.05) is 67.5 Å². The highest BCUT2D eigenvalue weighted by molar-refractivity contribution is 7.13. The summed E-state index contributed by atoms with van der Waals surface area (Å²) >= 11 is 1.36. The summed E-state index contributed by atoms with van der Waals surface area (Å²) in [5.74, 6) is 0.986. The van der Waals surface area contributed by atoms with Crippen molar-refractivity contribution in [3.05, 3.63) is 65.8 Å². The lowest BCUT2D eigenvalue weighted by Gasteiger charge is -2.12. The Morgan fingerprint density at radius 1 is 1.13 bits per heavy atom. The Balaban J connectivity index is 1.80. The summed E-state index contributed by atoms with van der Waals surface area (Å²) in [6.45, 7) is 0. The molecule has 4 rings (SSSR count). The lowest BCUT2D eigenvalue weighted by Crippen LogP contribution is -2.13. The van der Waals surface area contributed by atoms with E-state index in [1.165, 1.54) is 11.3 Å². The molecule has 8 heteroatoms. The number of rotatable bonds is 6. The zero-order valence-corrected chi connectivity index (χ0v) is 17.7. The van der Waals surface area contributed by atoms with Gasteiger partial charge in [0.2, 0.25) is 0 Å². The maximum Gasteiger partial charge on any atom is 0.278 e. The van der Waals surface area contributed by atoms with Gasteiger partial charge in [0.05, 0.1) is 12.8 Å². The van der Waals surface area contributed by atoms with E-state index in [-0.39, 0.29) is 5.91 Å². The van der Waals surface area contributed by atoms with Gasteiger partial charge in [0.25, 0.3) is 5.91 Å². The molecule has 0 aliphatic heterocycles. The monoisotopic (exact) mass is 419 g/mol. The Labute approximate surface area is 178 Å². The molecule has 7 nitrogen and oxygen atoms in total. The smallest absolute Gasteiger partial charge is 0.278 e. The molecule has 0 atom stereocenters. The molecular weight excluding hydrogens is 398 g/mol. The second kappa shape index (κ2) is 8.38. The first-order valence-corrected chi connectivity index (χ1v) is 10.2. The highest BCUT2D eigenvalue weighted by Crippen LogP contribution is 2.30. The van der Waals surface area contributed by atoms with Gasteiger partial charge >= 0.3 is 0 Å². The summed E-state index contributed by atoms with van der Waals surface area (Å²) in [5.41, 5.74) is 3.65.